The van der Waals surface area contributed by atoms with E-state index in [1.165, 1.54) is 0 Å². The average molecular weight is 110 g/mol. The van der Waals surface area contributed by atoms with Crippen LogP contribution in [0.4, 0.5) is 0 Å². The molecule has 0 aromatic heterocycles. The van der Waals surface area contributed by atoms with Gasteiger partial charge in [0, 0.05) is 19.9 Å². The van der Waals surface area contributed by atoms with E-state index in [9.17, 15) is 0 Å². The molecule has 0 aromatic rings. The highest BCUT2D eigenvalue weighted by Crippen LogP contribution is 1.78. The summed E-state index contributed by atoms with van der Waals surface area (Å²) in [6.07, 6.45) is 0.927. The molecular formula is C7H12N. The van der Waals surface area contributed by atoms with E-state index in [0.717, 1.165) is 13.0 Å². The third-order valence-electron chi connectivity index (χ3n) is 0.809. The number of hydrogen-bond donors (Lipinski definition) is 0. The Bertz CT molecular complexity index is 94.7. The highest BCUT2D eigenvalue weighted by molar-refractivity contribution is 5.01. The van der Waals surface area contributed by atoms with Gasteiger partial charge in [0.2, 0.25) is 0 Å². The zero-order valence-electron chi connectivity index (χ0n) is 5.57. The summed E-state index contributed by atoms with van der Waals surface area (Å²) < 4.78 is 0. The summed E-state index contributed by atoms with van der Waals surface area (Å²) in [5.74, 6) is 5.47. The molecule has 0 heterocycles. The maximum atomic E-state index is 3.40. The van der Waals surface area contributed by atoms with Crippen molar-refractivity contribution in [2.45, 2.75) is 6.42 Å². The second kappa shape index (κ2) is 4.67. The molecule has 0 amide bonds. The second-order valence-corrected chi connectivity index (χ2v) is 1.91. The molecule has 0 aliphatic rings. The summed E-state index contributed by atoms with van der Waals surface area (Å²) in [6.45, 7) is 4.43. The highest BCUT2D eigenvalue weighted by atomic mass is 15.0. The van der Waals surface area contributed by atoms with Crippen LogP contribution in [0.15, 0.2) is 0 Å². The van der Waals surface area contributed by atoms with Gasteiger partial charge in [-0.1, -0.05) is 0 Å². The highest BCUT2D eigenvalue weighted by Gasteiger charge is 1.82. The van der Waals surface area contributed by atoms with E-state index < -0.39 is 0 Å². The molecule has 0 bridgehead atoms. The predicted molar refractivity (Wildman–Crippen MR) is 36.3 cm³/mol. The first kappa shape index (κ1) is 7.52. The Labute approximate surface area is 51.7 Å². The number of nitrogens with zero attached hydrogens (tertiary/aromatic N) is 1. The van der Waals surface area contributed by atoms with Crippen molar-refractivity contribution in [3.8, 4) is 11.8 Å². The topological polar surface area (TPSA) is 3.24 Å². The van der Waals surface area contributed by atoms with Gasteiger partial charge in [-0.2, -0.15) is 0 Å². The van der Waals surface area contributed by atoms with Crippen molar-refractivity contribution < 1.29 is 0 Å². The van der Waals surface area contributed by atoms with Gasteiger partial charge in [0.1, 0.15) is 0 Å². The largest absolute Gasteiger partial charge is 0.308 e. The zero-order chi connectivity index (χ0) is 6.41. The second-order valence-electron chi connectivity index (χ2n) is 1.91. The molecule has 0 N–H and O–H groups in total. The molecule has 1 nitrogen and oxygen atoms in total. The Hall–Kier alpha value is -0.480. The molecule has 0 rings (SSSR count). The summed E-state index contributed by atoms with van der Waals surface area (Å²) in [5.41, 5.74) is 0. The van der Waals surface area contributed by atoms with Crippen molar-refractivity contribution in [2.75, 3.05) is 20.6 Å². The maximum Gasteiger partial charge on any atom is 0.0216 e. The van der Waals surface area contributed by atoms with Crippen LogP contribution in [0.2, 0.25) is 0 Å². The van der Waals surface area contributed by atoms with Crippen LogP contribution in [-0.2, 0) is 0 Å². The van der Waals surface area contributed by atoms with E-state index in [2.05, 4.69) is 23.7 Å². The first-order valence-corrected chi connectivity index (χ1v) is 2.67. The quantitative estimate of drug-likeness (QED) is 0.475. The third-order valence-corrected chi connectivity index (χ3v) is 0.809. The van der Waals surface area contributed by atoms with Crippen molar-refractivity contribution in [1.29, 1.82) is 0 Å². The molecule has 0 atom stereocenters. The molecule has 0 saturated heterocycles. The van der Waals surface area contributed by atoms with E-state index in [0.29, 0.717) is 0 Å². The molecule has 1 heteroatoms. The number of hydrogen-bond acceptors (Lipinski definition) is 1. The van der Waals surface area contributed by atoms with Gasteiger partial charge >= 0.3 is 0 Å². The average Bonchev–Trinajstić information content (AvgIpc) is 1.66. The van der Waals surface area contributed by atoms with Gasteiger partial charge in [-0.3, -0.25) is 0 Å². The van der Waals surface area contributed by atoms with Crippen molar-refractivity contribution in [2.24, 2.45) is 0 Å². The van der Waals surface area contributed by atoms with E-state index in [1.807, 2.05) is 14.1 Å². The molecule has 0 aliphatic heterocycles. The van der Waals surface area contributed by atoms with E-state index >= 15 is 0 Å². The lowest BCUT2D eigenvalue weighted by molar-refractivity contribution is 0.420. The van der Waals surface area contributed by atoms with Gasteiger partial charge in [-0.15, -0.1) is 11.8 Å². The SMILES string of the molecule is [CH2]C#CCCN(C)C. The molecular weight excluding hydrogens is 98.1 g/mol. The number of rotatable bonds is 2. The van der Waals surface area contributed by atoms with Crippen molar-refractivity contribution >= 4 is 0 Å². The minimum atomic E-state index is 0.927. The molecule has 0 saturated carbocycles. The van der Waals surface area contributed by atoms with Gasteiger partial charge in [-0.25, -0.2) is 0 Å². The first-order chi connectivity index (χ1) is 3.77. The Kier molecular flexibility index (Phi) is 4.39. The van der Waals surface area contributed by atoms with Crippen LogP contribution in [0, 0.1) is 18.8 Å². The molecule has 45 valence electrons. The summed E-state index contributed by atoms with van der Waals surface area (Å²) >= 11 is 0. The third kappa shape index (κ3) is 5.52. The lowest BCUT2D eigenvalue weighted by atomic mass is 10.4. The normalized spacial score (nSPS) is 8.50. The molecule has 1 radical (unpaired) electrons. The molecule has 0 spiro atoms. The minimum absolute atomic E-state index is 0.927. The molecule has 0 fully saturated rings. The van der Waals surface area contributed by atoms with Gasteiger partial charge in [0.15, 0.2) is 0 Å². The minimum Gasteiger partial charge on any atom is -0.308 e. The Morgan fingerprint density at radius 1 is 1.50 bits per heavy atom. The van der Waals surface area contributed by atoms with E-state index in [-0.39, 0.29) is 0 Å². The van der Waals surface area contributed by atoms with Crippen LogP contribution in [0.25, 0.3) is 0 Å². The fourth-order valence-corrected chi connectivity index (χ4v) is 0.368. The standard InChI is InChI=1S/C7H12N/c1-4-5-6-7-8(2)3/h1,6-7H2,2-3H3. The first-order valence-electron chi connectivity index (χ1n) is 2.67. The maximum absolute atomic E-state index is 3.40. The van der Waals surface area contributed by atoms with Crippen LogP contribution in [0.5, 0.6) is 0 Å². The van der Waals surface area contributed by atoms with Crippen LogP contribution >= 0.6 is 0 Å². The van der Waals surface area contributed by atoms with Gasteiger partial charge < -0.3 is 4.90 Å². The van der Waals surface area contributed by atoms with Gasteiger partial charge in [-0.05, 0) is 14.1 Å². The Morgan fingerprint density at radius 3 is 2.50 bits per heavy atom. The van der Waals surface area contributed by atoms with Crippen LogP contribution in [0.1, 0.15) is 6.42 Å². The Morgan fingerprint density at radius 2 is 2.12 bits per heavy atom. The fraction of sp³-hybridized carbons (Fsp3) is 0.571. The monoisotopic (exact) mass is 110 g/mol. The van der Waals surface area contributed by atoms with Gasteiger partial charge in [0.25, 0.3) is 0 Å². The molecule has 0 aromatic carbocycles. The van der Waals surface area contributed by atoms with Crippen molar-refractivity contribution in [1.82, 2.24) is 4.90 Å². The molecule has 8 heavy (non-hydrogen) atoms. The fourth-order valence-electron chi connectivity index (χ4n) is 0.368. The summed E-state index contributed by atoms with van der Waals surface area (Å²) in [4.78, 5) is 2.10. The van der Waals surface area contributed by atoms with Gasteiger partial charge in [0.05, 0.1) is 0 Å². The van der Waals surface area contributed by atoms with E-state index in [1.54, 1.807) is 0 Å². The zero-order valence-corrected chi connectivity index (χ0v) is 5.57. The lowest BCUT2D eigenvalue weighted by Gasteiger charge is -2.03. The van der Waals surface area contributed by atoms with Crippen molar-refractivity contribution in [3.63, 3.8) is 0 Å². The van der Waals surface area contributed by atoms with Crippen LogP contribution < -0.4 is 0 Å². The summed E-state index contributed by atoms with van der Waals surface area (Å²) in [7, 11) is 4.07. The van der Waals surface area contributed by atoms with Crippen LogP contribution in [-0.4, -0.2) is 25.5 Å². The van der Waals surface area contributed by atoms with E-state index in [4.69, 9.17) is 0 Å². The summed E-state index contributed by atoms with van der Waals surface area (Å²) in [5, 5.41) is 0. The lowest BCUT2D eigenvalue weighted by Crippen LogP contribution is -2.11. The smallest absolute Gasteiger partial charge is 0.0216 e. The molecule has 0 aliphatic carbocycles. The summed E-state index contributed by atoms with van der Waals surface area (Å²) in [6, 6.07) is 0. The predicted octanol–water partition coefficient (Wildman–Crippen LogP) is 0.776. The van der Waals surface area contributed by atoms with Crippen molar-refractivity contribution in [3.05, 3.63) is 6.92 Å². The van der Waals surface area contributed by atoms with Crippen LogP contribution in [0.3, 0.4) is 0 Å². The molecule has 0 unspecified atom stereocenters. The Balaban J connectivity index is 3.01.